The summed E-state index contributed by atoms with van der Waals surface area (Å²) in [6.07, 6.45) is 2.56. The number of nitrogens with zero attached hydrogens (tertiary/aromatic N) is 1. The Morgan fingerprint density at radius 2 is 1.80 bits per heavy atom. The van der Waals surface area contributed by atoms with Crippen LogP contribution in [0.1, 0.15) is 18.4 Å². The molecule has 0 unspecified atom stereocenters. The van der Waals surface area contributed by atoms with Gasteiger partial charge in [0.15, 0.2) is 0 Å². The highest BCUT2D eigenvalue weighted by atomic mass is 16.3. The Kier molecular flexibility index (Phi) is 3.77. The maximum atomic E-state index is 9.50. The molecule has 20 heavy (non-hydrogen) atoms. The van der Waals surface area contributed by atoms with Crippen LogP contribution in [0.3, 0.4) is 0 Å². The number of anilines is 2. The summed E-state index contributed by atoms with van der Waals surface area (Å²) in [6.45, 7) is 3.01. The predicted molar refractivity (Wildman–Crippen MR) is 83.3 cm³/mol. The van der Waals surface area contributed by atoms with Crippen molar-refractivity contribution in [3.8, 4) is 5.75 Å². The van der Waals surface area contributed by atoms with Gasteiger partial charge >= 0.3 is 0 Å². The Balaban J connectivity index is 1.74. The molecular weight excluding hydrogens is 248 g/mol. The fourth-order valence-corrected chi connectivity index (χ4v) is 2.72. The molecule has 0 radical (unpaired) electrons. The second-order valence-corrected chi connectivity index (χ2v) is 5.23. The molecule has 0 amide bonds. The lowest BCUT2D eigenvalue weighted by Crippen LogP contribution is -2.19. The fourth-order valence-electron chi connectivity index (χ4n) is 2.72. The van der Waals surface area contributed by atoms with E-state index in [0.717, 1.165) is 30.9 Å². The number of benzene rings is 2. The molecule has 1 aliphatic heterocycles. The molecule has 0 aliphatic carbocycles. The van der Waals surface area contributed by atoms with Gasteiger partial charge in [0, 0.05) is 19.6 Å². The van der Waals surface area contributed by atoms with E-state index in [2.05, 4.69) is 34.5 Å². The van der Waals surface area contributed by atoms with Gasteiger partial charge in [-0.05, 0) is 42.7 Å². The van der Waals surface area contributed by atoms with Crippen LogP contribution in [-0.2, 0) is 6.54 Å². The summed E-state index contributed by atoms with van der Waals surface area (Å²) in [5, 5.41) is 13.0. The number of hydrogen-bond acceptors (Lipinski definition) is 3. The van der Waals surface area contributed by atoms with Crippen LogP contribution < -0.4 is 10.2 Å². The van der Waals surface area contributed by atoms with Gasteiger partial charge in [-0.3, -0.25) is 0 Å². The van der Waals surface area contributed by atoms with Gasteiger partial charge in [0.25, 0.3) is 0 Å². The molecule has 1 fully saturated rings. The van der Waals surface area contributed by atoms with E-state index >= 15 is 0 Å². The zero-order chi connectivity index (χ0) is 13.8. The second-order valence-electron chi connectivity index (χ2n) is 5.23. The summed E-state index contributed by atoms with van der Waals surface area (Å²) in [7, 11) is 0. The highest BCUT2D eigenvalue weighted by molar-refractivity contribution is 5.70. The van der Waals surface area contributed by atoms with E-state index in [0.29, 0.717) is 5.75 Å². The smallest absolute Gasteiger partial charge is 0.115 e. The van der Waals surface area contributed by atoms with Crippen molar-refractivity contribution in [1.82, 2.24) is 0 Å². The van der Waals surface area contributed by atoms with Crippen LogP contribution >= 0.6 is 0 Å². The first kappa shape index (κ1) is 12.9. The minimum atomic E-state index is 0.317. The lowest BCUT2D eigenvalue weighted by atomic mass is 10.2. The summed E-state index contributed by atoms with van der Waals surface area (Å²) in [5.74, 6) is 0.317. The summed E-state index contributed by atoms with van der Waals surface area (Å²) in [6, 6.07) is 15.8. The van der Waals surface area contributed by atoms with Crippen molar-refractivity contribution in [3.63, 3.8) is 0 Å². The van der Waals surface area contributed by atoms with E-state index in [4.69, 9.17) is 0 Å². The van der Waals surface area contributed by atoms with Gasteiger partial charge in [-0.25, -0.2) is 0 Å². The maximum absolute atomic E-state index is 9.50. The molecule has 0 atom stereocenters. The Bertz CT molecular complexity index is 577. The van der Waals surface area contributed by atoms with Gasteiger partial charge in [0.05, 0.1) is 11.4 Å². The van der Waals surface area contributed by atoms with Crippen molar-refractivity contribution in [3.05, 3.63) is 54.1 Å². The monoisotopic (exact) mass is 268 g/mol. The predicted octanol–water partition coefficient (Wildman–Crippen LogP) is 3.60. The number of para-hydroxylation sites is 2. The average molecular weight is 268 g/mol. The van der Waals surface area contributed by atoms with Gasteiger partial charge in [0.1, 0.15) is 5.75 Å². The normalized spacial score (nSPS) is 14.5. The first-order chi connectivity index (χ1) is 9.83. The number of aromatic hydroxyl groups is 1. The Labute approximate surface area is 119 Å². The van der Waals surface area contributed by atoms with Crippen LogP contribution in [-0.4, -0.2) is 18.2 Å². The molecule has 104 valence electrons. The molecule has 2 N–H and O–H groups in total. The molecule has 2 aromatic rings. The lowest BCUT2D eigenvalue weighted by Gasteiger charge is -2.22. The first-order valence-electron chi connectivity index (χ1n) is 7.19. The van der Waals surface area contributed by atoms with Crippen molar-refractivity contribution >= 4 is 11.4 Å². The van der Waals surface area contributed by atoms with Gasteiger partial charge in [0.2, 0.25) is 0 Å². The Morgan fingerprint density at radius 1 is 1.00 bits per heavy atom. The summed E-state index contributed by atoms with van der Waals surface area (Å²) < 4.78 is 0. The van der Waals surface area contributed by atoms with Crippen LogP contribution in [0.4, 0.5) is 11.4 Å². The zero-order valence-corrected chi connectivity index (χ0v) is 11.5. The Morgan fingerprint density at radius 3 is 2.60 bits per heavy atom. The number of phenolic OH excluding ortho intramolecular Hbond substituents is 1. The van der Waals surface area contributed by atoms with Crippen LogP contribution in [0.2, 0.25) is 0 Å². The molecule has 1 heterocycles. The molecule has 0 aromatic heterocycles. The number of rotatable bonds is 4. The summed E-state index contributed by atoms with van der Waals surface area (Å²) in [5.41, 5.74) is 3.53. The quantitative estimate of drug-likeness (QED) is 0.889. The lowest BCUT2D eigenvalue weighted by molar-refractivity contribution is 0.474. The van der Waals surface area contributed by atoms with Gasteiger partial charge in [-0.1, -0.05) is 24.3 Å². The van der Waals surface area contributed by atoms with Crippen LogP contribution in [0.15, 0.2) is 48.5 Å². The van der Waals surface area contributed by atoms with E-state index in [1.807, 2.05) is 12.1 Å². The molecule has 1 saturated heterocycles. The van der Waals surface area contributed by atoms with Crippen LogP contribution in [0.5, 0.6) is 5.75 Å². The maximum Gasteiger partial charge on any atom is 0.115 e. The third-order valence-electron chi connectivity index (χ3n) is 3.74. The minimum absolute atomic E-state index is 0.317. The standard InChI is InChI=1S/C17H20N2O/c20-15-7-5-6-14(12-15)13-18-16-8-1-2-9-17(16)19-10-3-4-11-19/h1-2,5-9,12,18,20H,3-4,10-11,13H2. The van der Waals surface area contributed by atoms with Crippen molar-refractivity contribution in [2.45, 2.75) is 19.4 Å². The van der Waals surface area contributed by atoms with Gasteiger partial charge in [-0.15, -0.1) is 0 Å². The average Bonchev–Trinajstić information content (AvgIpc) is 3.00. The highest BCUT2D eigenvalue weighted by Crippen LogP contribution is 2.29. The number of nitrogens with one attached hydrogen (secondary N) is 1. The Hall–Kier alpha value is -2.16. The SMILES string of the molecule is Oc1cccc(CNc2ccccc2N2CCCC2)c1. The molecule has 0 saturated carbocycles. The second kappa shape index (κ2) is 5.87. The van der Waals surface area contributed by atoms with Crippen molar-refractivity contribution < 1.29 is 5.11 Å². The topological polar surface area (TPSA) is 35.5 Å². The van der Waals surface area contributed by atoms with Crippen molar-refractivity contribution in [2.75, 3.05) is 23.3 Å². The van der Waals surface area contributed by atoms with Crippen molar-refractivity contribution in [1.29, 1.82) is 0 Å². The molecule has 1 aliphatic rings. The number of phenols is 1. The molecular formula is C17H20N2O. The first-order valence-corrected chi connectivity index (χ1v) is 7.19. The minimum Gasteiger partial charge on any atom is -0.508 e. The molecule has 2 aromatic carbocycles. The molecule has 3 heteroatoms. The third kappa shape index (κ3) is 2.87. The summed E-state index contributed by atoms with van der Waals surface area (Å²) in [4.78, 5) is 2.44. The van der Waals surface area contributed by atoms with Crippen LogP contribution in [0, 0.1) is 0 Å². The van der Waals surface area contributed by atoms with Gasteiger partial charge in [-0.2, -0.15) is 0 Å². The molecule has 3 nitrogen and oxygen atoms in total. The molecule has 3 rings (SSSR count). The molecule has 0 spiro atoms. The third-order valence-corrected chi connectivity index (χ3v) is 3.74. The fraction of sp³-hybridized carbons (Fsp3) is 0.294. The zero-order valence-electron chi connectivity index (χ0n) is 11.5. The van der Waals surface area contributed by atoms with Crippen molar-refractivity contribution in [2.24, 2.45) is 0 Å². The highest BCUT2D eigenvalue weighted by Gasteiger charge is 2.14. The van der Waals surface area contributed by atoms with E-state index in [1.54, 1.807) is 12.1 Å². The van der Waals surface area contributed by atoms with E-state index < -0.39 is 0 Å². The summed E-state index contributed by atoms with van der Waals surface area (Å²) >= 11 is 0. The van der Waals surface area contributed by atoms with Crippen LogP contribution in [0.25, 0.3) is 0 Å². The van der Waals surface area contributed by atoms with E-state index in [9.17, 15) is 5.11 Å². The van der Waals surface area contributed by atoms with E-state index in [1.165, 1.54) is 18.5 Å². The number of hydrogen-bond donors (Lipinski definition) is 2. The largest absolute Gasteiger partial charge is 0.508 e. The van der Waals surface area contributed by atoms with Gasteiger partial charge < -0.3 is 15.3 Å². The molecule has 0 bridgehead atoms. The van der Waals surface area contributed by atoms with E-state index in [-0.39, 0.29) is 0 Å².